The topological polar surface area (TPSA) is 82.9 Å². The Morgan fingerprint density at radius 3 is 2.73 bits per heavy atom. The van der Waals surface area contributed by atoms with Crippen molar-refractivity contribution in [3.05, 3.63) is 59.4 Å². The summed E-state index contributed by atoms with van der Waals surface area (Å²) in [6.07, 6.45) is 2.32. The summed E-state index contributed by atoms with van der Waals surface area (Å²) in [5, 5.41) is 18.5. The molecule has 0 bridgehead atoms. The molecule has 2 rings (SSSR count). The van der Waals surface area contributed by atoms with Crippen LogP contribution < -0.4 is 5.73 Å². The van der Waals surface area contributed by atoms with E-state index in [1.54, 1.807) is 18.0 Å². The van der Waals surface area contributed by atoms with Crippen LogP contribution in [0.1, 0.15) is 28.5 Å². The van der Waals surface area contributed by atoms with E-state index in [0.717, 1.165) is 16.0 Å². The number of aliphatic hydroxyl groups excluding tert-OH is 1. The third kappa shape index (κ3) is 4.31. The first kappa shape index (κ1) is 16.5. The highest BCUT2D eigenvalue weighted by molar-refractivity contribution is 7.99. The number of pyridine rings is 1. The molecule has 0 aliphatic rings. The van der Waals surface area contributed by atoms with Crippen LogP contribution in [-0.2, 0) is 0 Å². The molecule has 1 heterocycles. The number of aliphatic hydroxyl groups is 1. The number of nitriles is 1. The minimum Gasteiger partial charge on any atom is -0.395 e. The van der Waals surface area contributed by atoms with Gasteiger partial charge >= 0.3 is 0 Å². The van der Waals surface area contributed by atoms with Crippen LogP contribution in [0.15, 0.2) is 47.5 Å². The van der Waals surface area contributed by atoms with E-state index in [-0.39, 0.29) is 17.9 Å². The van der Waals surface area contributed by atoms with Crippen LogP contribution in [0.5, 0.6) is 0 Å². The highest BCUT2D eigenvalue weighted by Crippen LogP contribution is 2.39. The lowest BCUT2D eigenvalue weighted by molar-refractivity contribution is 0.259. The molecule has 3 N–H and O–H groups in total. The van der Waals surface area contributed by atoms with Crippen molar-refractivity contribution < 1.29 is 5.11 Å². The molecule has 0 fully saturated rings. The molecule has 0 saturated carbocycles. The molecule has 1 aromatic carbocycles. The predicted octanol–water partition coefficient (Wildman–Crippen LogP) is 2.80. The maximum Gasteiger partial charge on any atom is 0.154 e. The molecule has 0 spiro atoms. The van der Waals surface area contributed by atoms with Gasteiger partial charge in [-0.1, -0.05) is 30.3 Å². The van der Waals surface area contributed by atoms with Crippen LogP contribution in [0, 0.1) is 18.3 Å². The van der Waals surface area contributed by atoms with Gasteiger partial charge in [-0.05, 0) is 30.5 Å². The summed E-state index contributed by atoms with van der Waals surface area (Å²) in [6.45, 7) is 1.90. The smallest absolute Gasteiger partial charge is 0.154 e. The van der Waals surface area contributed by atoms with Gasteiger partial charge in [0, 0.05) is 22.4 Å². The lowest BCUT2D eigenvalue weighted by Gasteiger charge is -2.20. The molecular weight excluding hydrogens is 294 g/mol. The van der Waals surface area contributed by atoms with Crippen molar-refractivity contribution in [2.24, 2.45) is 5.73 Å². The lowest BCUT2D eigenvalue weighted by Crippen LogP contribution is -2.26. The zero-order chi connectivity index (χ0) is 15.9. The van der Waals surface area contributed by atoms with Crippen molar-refractivity contribution in [1.29, 1.82) is 5.26 Å². The molecule has 2 aromatic rings. The van der Waals surface area contributed by atoms with Gasteiger partial charge in [0.2, 0.25) is 0 Å². The Labute approximate surface area is 135 Å². The highest BCUT2D eigenvalue weighted by Gasteiger charge is 2.19. The number of aryl methyl sites for hydroxylation is 1. The predicted molar refractivity (Wildman–Crippen MR) is 88.4 cm³/mol. The normalized spacial score (nSPS) is 13.4. The maximum atomic E-state index is 9.24. The summed E-state index contributed by atoms with van der Waals surface area (Å²) in [6, 6.07) is 13.8. The Bertz CT molecular complexity index is 655. The molecular formula is C17H19N3OS. The summed E-state index contributed by atoms with van der Waals surface area (Å²) in [5.41, 5.74) is 8.49. The summed E-state index contributed by atoms with van der Waals surface area (Å²) < 4.78 is 0. The number of nitrogens with two attached hydrogens (primary N) is 1. The first-order valence-corrected chi connectivity index (χ1v) is 7.96. The van der Waals surface area contributed by atoms with Gasteiger partial charge in [-0.3, -0.25) is 0 Å². The third-order valence-corrected chi connectivity index (χ3v) is 4.60. The fourth-order valence-electron chi connectivity index (χ4n) is 2.14. The van der Waals surface area contributed by atoms with Gasteiger partial charge in [0.1, 0.15) is 6.07 Å². The van der Waals surface area contributed by atoms with Gasteiger partial charge in [0.05, 0.1) is 6.61 Å². The summed E-state index contributed by atoms with van der Waals surface area (Å²) in [7, 11) is 0. The van der Waals surface area contributed by atoms with E-state index < -0.39 is 0 Å². The molecule has 0 saturated heterocycles. The molecule has 0 aliphatic carbocycles. The van der Waals surface area contributed by atoms with Crippen LogP contribution in [-0.4, -0.2) is 22.7 Å². The zero-order valence-corrected chi connectivity index (χ0v) is 13.3. The summed E-state index contributed by atoms with van der Waals surface area (Å²) >= 11 is 1.57. The van der Waals surface area contributed by atoms with E-state index in [1.165, 1.54) is 0 Å². The third-order valence-electron chi connectivity index (χ3n) is 3.29. The summed E-state index contributed by atoms with van der Waals surface area (Å²) in [5.74, 6) is 0. The van der Waals surface area contributed by atoms with Gasteiger partial charge in [-0.2, -0.15) is 5.26 Å². The minimum atomic E-state index is -0.291. The van der Waals surface area contributed by atoms with Gasteiger partial charge in [-0.15, -0.1) is 11.8 Å². The Balaban J connectivity index is 2.31. The Morgan fingerprint density at radius 1 is 1.36 bits per heavy atom. The molecule has 114 valence electrons. The SMILES string of the molecule is Cc1cnc(C#N)c(S[C@H](C[C@H](N)CO)c2ccccc2)c1. The highest BCUT2D eigenvalue weighted by atomic mass is 32.2. The van der Waals surface area contributed by atoms with Crippen LogP contribution >= 0.6 is 11.8 Å². The number of benzene rings is 1. The van der Waals surface area contributed by atoms with E-state index in [1.807, 2.05) is 43.3 Å². The van der Waals surface area contributed by atoms with Crippen molar-refractivity contribution in [2.75, 3.05) is 6.61 Å². The second-order valence-electron chi connectivity index (χ2n) is 5.17. The Hall–Kier alpha value is -1.87. The standard InChI is InChI=1S/C17H19N3OS/c1-12-7-17(15(9-18)20-10-12)22-16(8-14(19)11-21)13-5-3-2-4-6-13/h2-7,10,14,16,21H,8,11,19H2,1H3/t14-,16+/m0/s1. The van der Waals surface area contributed by atoms with Crippen molar-refractivity contribution in [3.63, 3.8) is 0 Å². The average molecular weight is 313 g/mol. The second-order valence-corrected chi connectivity index (χ2v) is 6.41. The van der Waals surface area contributed by atoms with Gasteiger partial charge < -0.3 is 10.8 Å². The van der Waals surface area contributed by atoms with E-state index in [4.69, 9.17) is 5.73 Å². The molecule has 5 heteroatoms. The number of nitrogens with zero attached hydrogens (tertiary/aromatic N) is 2. The molecule has 2 atom stereocenters. The van der Waals surface area contributed by atoms with Crippen LogP contribution in [0.3, 0.4) is 0 Å². The van der Waals surface area contributed by atoms with Crippen molar-refractivity contribution >= 4 is 11.8 Å². The maximum absolute atomic E-state index is 9.24. The number of rotatable bonds is 6. The first-order chi connectivity index (χ1) is 10.6. The minimum absolute atomic E-state index is 0.0545. The van der Waals surface area contributed by atoms with Crippen molar-refractivity contribution in [2.45, 2.75) is 29.5 Å². The van der Waals surface area contributed by atoms with Crippen molar-refractivity contribution in [1.82, 2.24) is 4.98 Å². The quantitative estimate of drug-likeness (QED) is 0.801. The lowest BCUT2D eigenvalue weighted by atomic mass is 10.1. The molecule has 0 amide bonds. The monoisotopic (exact) mass is 313 g/mol. The number of hydrogen-bond donors (Lipinski definition) is 2. The first-order valence-electron chi connectivity index (χ1n) is 7.08. The van der Waals surface area contributed by atoms with E-state index in [0.29, 0.717) is 12.1 Å². The van der Waals surface area contributed by atoms with Crippen LogP contribution in [0.25, 0.3) is 0 Å². The summed E-state index contributed by atoms with van der Waals surface area (Å²) in [4.78, 5) is 5.03. The molecule has 1 aromatic heterocycles. The van der Waals surface area contributed by atoms with Gasteiger partial charge in [0.25, 0.3) is 0 Å². The second kappa shape index (κ2) is 7.95. The average Bonchev–Trinajstić information content (AvgIpc) is 2.55. The molecule has 0 unspecified atom stereocenters. The number of hydrogen-bond acceptors (Lipinski definition) is 5. The molecule has 0 aliphatic heterocycles. The van der Waals surface area contributed by atoms with Gasteiger partial charge in [0.15, 0.2) is 5.69 Å². The van der Waals surface area contributed by atoms with Crippen molar-refractivity contribution in [3.8, 4) is 6.07 Å². The number of thioether (sulfide) groups is 1. The largest absolute Gasteiger partial charge is 0.395 e. The van der Waals surface area contributed by atoms with Crippen LogP contribution in [0.4, 0.5) is 0 Å². The molecule has 0 radical (unpaired) electrons. The van der Waals surface area contributed by atoms with Crippen LogP contribution in [0.2, 0.25) is 0 Å². The van der Waals surface area contributed by atoms with Gasteiger partial charge in [-0.25, -0.2) is 4.98 Å². The number of aromatic nitrogens is 1. The van der Waals surface area contributed by atoms with E-state index in [9.17, 15) is 10.4 Å². The Morgan fingerprint density at radius 2 is 2.09 bits per heavy atom. The van der Waals surface area contributed by atoms with E-state index >= 15 is 0 Å². The molecule has 22 heavy (non-hydrogen) atoms. The fraction of sp³-hybridized carbons (Fsp3) is 0.294. The molecule has 4 nitrogen and oxygen atoms in total. The van der Waals surface area contributed by atoms with E-state index in [2.05, 4.69) is 11.1 Å². The fourth-order valence-corrected chi connectivity index (χ4v) is 3.55. The zero-order valence-electron chi connectivity index (χ0n) is 12.4. The Kier molecular flexibility index (Phi) is 5.96.